The first-order valence-corrected chi connectivity index (χ1v) is 12.7. The molecule has 1 amide bonds. The summed E-state index contributed by atoms with van der Waals surface area (Å²) in [5, 5.41) is 15.7. The van der Waals surface area contributed by atoms with Gasteiger partial charge in [0.2, 0.25) is 0 Å². The van der Waals surface area contributed by atoms with Gasteiger partial charge in [-0.3, -0.25) is 4.57 Å². The Hall–Kier alpha value is -4.91. The number of para-hydroxylation sites is 1. The fourth-order valence-electron chi connectivity index (χ4n) is 5.66. The Morgan fingerprint density at radius 1 is 0.895 bits per heavy atom. The third-order valence-corrected chi connectivity index (χ3v) is 7.64. The van der Waals surface area contributed by atoms with E-state index >= 15 is 0 Å². The number of nitrogens with zero attached hydrogens (tertiary/aromatic N) is 3. The Bertz CT molecular complexity index is 1670. The van der Waals surface area contributed by atoms with Gasteiger partial charge in [0.05, 0.1) is 28.3 Å². The van der Waals surface area contributed by atoms with Crippen molar-refractivity contribution in [3.8, 4) is 39.6 Å². The zero-order valence-electron chi connectivity index (χ0n) is 20.6. The number of aromatic nitrogens is 3. The second-order valence-corrected chi connectivity index (χ2v) is 9.82. The van der Waals surface area contributed by atoms with Crippen LogP contribution in [-0.2, 0) is 5.54 Å². The maximum atomic E-state index is 11.5. The van der Waals surface area contributed by atoms with Crippen LogP contribution < -0.4 is 10.6 Å². The first-order valence-electron chi connectivity index (χ1n) is 12.7. The summed E-state index contributed by atoms with van der Waals surface area (Å²) in [4.78, 5) is 21.4. The topological polar surface area (TPSA) is 92.1 Å². The minimum atomic E-state index is -0.988. The van der Waals surface area contributed by atoms with Crippen molar-refractivity contribution in [3.05, 3.63) is 103 Å². The maximum Gasteiger partial charge on any atom is 0.405 e. The number of hydrogen-bond donors (Lipinski definition) is 3. The Kier molecular flexibility index (Phi) is 5.04. The molecule has 186 valence electrons. The lowest BCUT2D eigenvalue weighted by Crippen LogP contribution is -2.50. The summed E-state index contributed by atoms with van der Waals surface area (Å²) in [6, 6.07) is 30.6. The van der Waals surface area contributed by atoms with E-state index in [1.807, 2.05) is 54.6 Å². The van der Waals surface area contributed by atoms with E-state index in [4.69, 9.17) is 4.98 Å². The molecule has 3 aromatic carbocycles. The predicted octanol–water partition coefficient (Wildman–Crippen LogP) is 6.97. The largest absolute Gasteiger partial charge is 0.465 e. The summed E-state index contributed by atoms with van der Waals surface area (Å²) in [5.41, 5.74) is 7.19. The van der Waals surface area contributed by atoms with Gasteiger partial charge in [-0.15, -0.1) is 0 Å². The summed E-state index contributed by atoms with van der Waals surface area (Å²) in [6.45, 7) is 0. The number of carbonyl (C=O) groups is 1. The van der Waals surface area contributed by atoms with Gasteiger partial charge in [0.1, 0.15) is 5.82 Å². The van der Waals surface area contributed by atoms with E-state index in [-0.39, 0.29) is 0 Å². The first kappa shape index (κ1) is 22.3. The van der Waals surface area contributed by atoms with Crippen molar-refractivity contribution in [2.24, 2.45) is 0 Å². The normalized spacial score (nSPS) is 14.6. The molecule has 0 saturated heterocycles. The van der Waals surface area contributed by atoms with Crippen molar-refractivity contribution in [1.29, 1.82) is 0 Å². The van der Waals surface area contributed by atoms with Crippen LogP contribution >= 0.6 is 0 Å². The van der Waals surface area contributed by atoms with Gasteiger partial charge >= 0.3 is 6.09 Å². The number of pyridine rings is 1. The molecular formula is C31H25N5O2. The van der Waals surface area contributed by atoms with Crippen LogP contribution in [0.15, 0.2) is 97.2 Å². The average molecular weight is 500 g/mol. The van der Waals surface area contributed by atoms with Gasteiger partial charge in [0.15, 0.2) is 5.82 Å². The number of benzene rings is 3. The lowest BCUT2D eigenvalue weighted by Gasteiger charge is -2.42. The van der Waals surface area contributed by atoms with Crippen molar-refractivity contribution in [3.63, 3.8) is 0 Å². The first-order chi connectivity index (χ1) is 18.6. The monoisotopic (exact) mass is 499 g/mol. The molecule has 0 atom stereocenters. The molecule has 0 bridgehead atoms. The predicted molar refractivity (Wildman–Crippen MR) is 148 cm³/mol. The number of imidazole rings is 1. The summed E-state index contributed by atoms with van der Waals surface area (Å²) >= 11 is 0. The van der Waals surface area contributed by atoms with E-state index in [2.05, 4.69) is 56.6 Å². The third-order valence-electron chi connectivity index (χ3n) is 7.64. The van der Waals surface area contributed by atoms with Gasteiger partial charge < -0.3 is 15.7 Å². The average Bonchev–Trinajstić information content (AvgIpc) is 3.26. The summed E-state index contributed by atoms with van der Waals surface area (Å²) in [5.74, 6) is 1.60. The molecule has 2 aromatic heterocycles. The minimum absolute atomic E-state index is 0.507. The van der Waals surface area contributed by atoms with E-state index in [1.165, 1.54) is 0 Å². The molecule has 7 nitrogen and oxygen atoms in total. The van der Waals surface area contributed by atoms with Crippen LogP contribution in [0.4, 0.5) is 16.3 Å². The Morgan fingerprint density at radius 3 is 2.39 bits per heavy atom. The number of anilines is 2. The molecule has 1 aliphatic carbocycles. The Balaban J connectivity index is 1.46. The zero-order chi connectivity index (χ0) is 25.7. The fourth-order valence-corrected chi connectivity index (χ4v) is 5.66. The SMILES string of the molecule is O=C(O)NC1(c2ccc(-c3nc4n(c3-c3ccccc3)-c3cccnc3Nc3ccccc3-4)cc2)CCC1. The van der Waals surface area contributed by atoms with Crippen molar-refractivity contribution in [2.45, 2.75) is 24.8 Å². The molecule has 5 aromatic rings. The molecule has 0 radical (unpaired) electrons. The highest BCUT2D eigenvalue weighted by Gasteiger charge is 2.40. The van der Waals surface area contributed by atoms with Crippen LogP contribution in [-0.4, -0.2) is 25.7 Å². The number of amides is 1. The highest BCUT2D eigenvalue weighted by atomic mass is 16.4. The molecule has 3 heterocycles. The molecule has 1 aliphatic heterocycles. The van der Waals surface area contributed by atoms with Gasteiger partial charge in [-0.1, -0.05) is 66.7 Å². The van der Waals surface area contributed by atoms with E-state index < -0.39 is 11.6 Å². The van der Waals surface area contributed by atoms with Gasteiger partial charge in [-0.25, -0.2) is 14.8 Å². The van der Waals surface area contributed by atoms with Gasteiger partial charge in [0.25, 0.3) is 0 Å². The number of carboxylic acid groups (broad SMARTS) is 1. The lowest BCUT2D eigenvalue weighted by atomic mass is 9.72. The molecule has 7 rings (SSSR count). The van der Waals surface area contributed by atoms with Crippen LogP contribution in [0.25, 0.3) is 39.6 Å². The standard InChI is InChI=1S/C31H25N5O2/c37-30(38)35-31(17-7-18-31)22-15-13-20(14-16-22)26-27(21-8-2-1-3-9-21)36-25-12-6-19-32-28(25)33-24-11-5-4-10-23(24)29(36)34-26/h1-6,8-16,19,35H,7,17-18H2,(H,32,33)(H,37,38). The number of rotatable bonds is 4. The molecule has 1 saturated carbocycles. The van der Waals surface area contributed by atoms with E-state index in [0.717, 1.165) is 75.9 Å². The van der Waals surface area contributed by atoms with E-state index in [0.29, 0.717) is 0 Å². The molecule has 3 N–H and O–H groups in total. The molecular weight excluding hydrogens is 474 g/mol. The van der Waals surface area contributed by atoms with Crippen molar-refractivity contribution in [1.82, 2.24) is 19.9 Å². The Morgan fingerprint density at radius 2 is 1.66 bits per heavy atom. The van der Waals surface area contributed by atoms with Gasteiger partial charge in [-0.05, 0) is 49.1 Å². The highest BCUT2D eigenvalue weighted by molar-refractivity contribution is 5.90. The molecule has 7 heteroatoms. The van der Waals surface area contributed by atoms with Crippen molar-refractivity contribution in [2.75, 3.05) is 5.32 Å². The van der Waals surface area contributed by atoms with E-state index in [9.17, 15) is 9.90 Å². The van der Waals surface area contributed by atoms with Crippen LogP contribution in [0.2, 0.25) is 0 Å². The number of fused-ring (bicyclic) bond motifs is 5. The highest BCUT2D eigenvalue weighted by Crippen LogP contribution is 2.45. The number of hydrogen-bond acceptors (Lipinski definition) is 4. The molecule has 1 fully saturated rings. The summed E-state index contributed by atoms with van der Waals surface area (Å²) in [6.07, 6.45) is 3.42. The smallest absolute Gasteiger partial charge is 0.405 e. The van der Waals surface area contributed by atoms with Crippen LogP contribution in [0.1, 0.15) is 24.8 Å². The molecule has 2 aliphatic rings. The number of nitrogens with one attached hydrogen (secondary N) is 2. The third kappa shape index (κ3) is 3.47. The molecule has 0 unspecified atom stereocenters. The van der Waals surface area contributed by atoms with Crippen molar-refractivity contribution >= 4 is 17.6 Å². The molecule has 38 heavy (non-hydrogen) atoms. The van der Waals surface area contributed by atoms with Gasteiger partial charge in [-0.2, -0.15) is 0 Å². The van der Waals surface area contributed by atoms with Crippen LogP contribution in [0.3, 0.4) is 0 Å². The summed E-state index contributed by atoms with van der Waals surface area (Å²) in [7, 11) is 0. The zero-order valence-corrected chi connectivity index (χ0v) is 20.6. The fraction of sp³-hybridized carbons (Fsp3) is 0.129. The second-order valence-electron chi connectivity index (χ2n) is 9.82. The second kappa shape index (κ2) is 8.59. The minimum Gasteiger partial charge on any atom is -0.465 e. The quantitative estimate of drug-likeness (QED) is 0.244. The van der Waals surface area contributed by atoms with Crippen LogP contribution in [0.5, 0.6) is 0 Å². The Labute approximate surface area is 219 Å². The lowest BCUT2D eigenvalue weighted by molar-refractivity contribution is 0.144. The molecule has 0 spiro atoms. The van der Waals surface area contributed by atoms with Crippen molar-refractivity contribution < 1.29 is 9.90 Å². The van der Waals surface area contributed by atoms with Gasteiger partial charge in [0, 0.05) is 22.9 Å². The maximum absolute atomic E-state index is 11.5. The summed E-state index contributed by atoms with van der Waals surface area (Å²) < 4.78 is 2.19. The van der Waals surface area contributed by atoms with Crippen LogP contribution in [0, 0.1) is 0 Å². The van der Waals surface area contributed by atoms with E-state index in [1.54, 1.807) is 6.20 Å².